The Hall–Kier alpha value is -2.69. The molecule has 1 rings (SSSR count). The number of carboxylic acids is 1. The van der Waals surface area contributed by atoms with Crippen LogP contribution >= 0.6 is 0 Å². The van der Waals surface area contributed by atoms with Gasteiger partial charge >= 0.3 is 5.97 Å². The molecule has 4 atom stereocenters. The fourth-order valence-electron chi connectivity index (χ4n) is 3.49. The molecular formula is C22H39N5O6. The molecule has 1 heterocycles. The van der Waals surface area contributed by atoms with Gasteiger partial charge in [-0.05, 0) is 37.1 Å². The van der Waals surface area contributed by atoms with Crippen molar-refractivity contribution in [2.24, 2.45) is 17.8 Å². The van der Waals surface area contributed by atoms with E-state index in [0.717, 1.165) is 13.0 Å². The first kappa shape index (κ1) is 28.3. The lowest BCUT2D eigenvalue weighted by molar-refractivity contribution is -0.143. The van der Waals surface area contributed by atoms with Crippen molar-refractivity contribution in [2.75, 3.05) is 13.1 Å². The molecule has 0 radical (unpaired) electrons. The minimum Gasteiger partial charge on any atom is -0.480 e. The highest BCUT2D eigenvalue weighted by molar-refractivity contribution is 5.94. The lowest BCUT2D eigenvalue weighted by Crippen LogP contribution is -2.57. The third-order valence-electron chi connectivity index (χ3n) is 5.54. The summed E-state index contributed by atoms with van der Waals surface area (Å²) in [5.41, 5.74) is 0. The molecule has 11 nitrogen and oxygen atoms in total. The van der Waals surface area contributed by atoms with Crippen molar-refractivity contribution >= 4 is 29.6 Å². The van der Waals surface area contributed by atoms with Gasteiger partial charge in [0.05, 0.1) is 12.6 Å². The summed E-state index contributed by atoms with van der Waals surface area (Å²) in [5, 5.41) is 22.6. The van der Waals surface area contributed by atoms with Crippen molar-refractivity contribution in [1.82, 2.24) is 26.6 Å². The van der Waals surface area contributed by atoms with Crippen LogP contribution in [0.25, 0.3) is 0 Å². The molecule has 0 aromatic heterocycles. The Balaban J connectivity index is 2.67. The molecule has 0 saturated carbocycles. The van der Waals surface area contributed by atoms with E-state index in [-0.39, 0.29) is 36.2 Å². The van der Waals surface area contributed by atoms with Crippen molar-refractivity contribution < 1.29 is 29.1 Å². The molecule has 1 aliphatic rings. The largest absolute Gasteiger partial charge is 0.480 e. The number of carbonyl (C=O) groups excluding carboxylic acids is 4. The summed E-state index contributed by atoms with van der Waals surface area (Å²) < 4.78 is 0. The summed E-state index contributed by atoms with van der Waals surface area (Å²) >= 11 is 0. The van der Waals surface area contributed by atoms with Gasteiger partial charge in [0, 0.05) is 0 Å². The lowest BCUT2D eigenvalue weighted by Gasteiger charge is -2.26. The Morgan fingerprint density at radius 2 is 1.36 bits per heavy atom. The molecule has 0 aromatic rings. The van der Waals surface area contributed by atoms with Gasteiger partial charge in [-0.15, -0.1) is 0 Å². The number of hydrogen-bond acceptors (Lipinski definition) is 6. The highest BCUT2D eigenvalue weighted by Gasteiger charge is 2.31. The third kappa shape index (κ3) is 8.99. The smallest absolute Gasteiger partial charge is 0.326 e. The minimum absolute atomic E-state index is 0.198. The van der Waals surface area contributed by atoms with E-state index in [0.29, 0.717) is 6.42 Å². The Kier molecular flexibility index (Phi) is 11.3. The Morgan fingerprint density at radius 1 is 0.818 bits per heavy atom. The zero-order valence-electron chi connectivity index (χ0n) is 20.4. The number of nitrogens with one attached hydrogen (secondary N) is 5. The Morgan fingerprint density at radius 3 is 1.82 bits per heavy atom. The molecule has 0 aliphatic carbocycles. The molecule has 4 amide bonds. The lowest BCUT2D eigenvalue weighted by atomic mass is 10.00. The van der Waals surface area contributed by atoms with Crippen LogP contribution in [0.5, 0.6) is 0 Å². The summed E-state index contributed by atoms with van der Waals surface area (Å²) in [5.74, 6) is -3.96. The molecule has 1 aliphatic heterocycles. The van der Waals surface area contributed by atoms with E-state index in [9.17, 15) is 29.1 Å². The molecule has 0 unspecified atom stereocenters. The summed E-state index contributed by atoms with van der Waals surface area (Å²) in [7, 11) is 0. The first-order valence-corrected chi connectivity index (χ1v) is 11.5. The quantitative estimate of drug-likeness (QED) is 0.221. The van der Waals surface area contributed by atoms with Crippen molar-refractivity contribution in [3.8, 4) is 0 Å². The van der Waals surface area contributed by atoms with Crippen LogP contribution in [0.2, 0.25) is 0 Å². The van der Waals surface area contributed by atoms with Crippen LogP contribution in [0.3, 0.4) is 0 Å². The summed E-state index contributed by atoms with van der Waals surface area (Å²) in [6, 6.07) is -3.18. The molecule has 188 valence electrons. The second kappa shape index (κ2) is 13.1. The van der Waals surface area contributed by atoms with Gasteiger partial charge in [0.1, 0.15) is 18.1 Å². The first-order chi connectivity index (χ1) is 15.3. The highest BCUT2D eigenvalue weighted by Crippen LogP contribution is 2.09. The SMILES string of the molecule is CC(C)[C@H](NC(=O)[C@@H](NC(=O)CNC(=O)[C@@H](NC(=O)[C@@H]1CCCN1)C(C)C)C(C)C)C(=O)O. The number of hydrogen-bond donors (Lipinski definition) is 6. The number of amides is 4. The monoisotopic (exact) mass is 469 g/mol. The predicted octanol–water partition coefficient (Wildman–Crippen LogP) is -0.638. The molecule has 1 saturated heterocycles. The second-order valence-corrected chi connectivity index (χ2v) is 9.45. The van der Waals surface area contributed by atoms with E-state index in [1.807, 2.05) is 0 Å². The maximum atomic E-state index is 12.6. The summed E-state index contributed by atoms with van der Waals surface area (Å²) in [6.07, 6.45) is 1.60. The van der Waals surface area contributed by atoms with Gasteiger partial charge in [-0.1, -0.05) is 41.5 Å². The zero-order valence-corrected chi connectivity index (χ0v) is 20.4. The van der Waals surface area contributed by atoms with Gasteiger partial charge in [0.25, 0.3) is 0 Å². The van der Waals surface area contributed by atoms with Gasteiger partial charge in [-0.3, -0.25) is 19.2 Å². The molecule has 1 fully saturated rings. The van der Waals surface area contributed by atoms with E-state index in [4.69, 9.17) is 0 Å². The van der Waals surface area contributed by atoms with Crippen molar-refractivity contribution in [3.05, 3.63) is 0 Å². The fraction of sp³-hybridized carbons (Fsp3) is 0.773. The minimum atomic E-state index is -1.16. The highest BCUT2D eigenvalue weighted by atomic mass is 16.4. The number of aliphatic carboxylic acids is 1. The maximum Gasteiger partial charge on any atom is 0.326 e. The van der Waals surface area contributed by atoms with Crippen LogP contribution in [0.4, 0.5) is 0 Å². The molecule has 6 N–H and O–H groups in total. The maximum absolute atomic E-state index is 12.6. The number of carbonyl (C=O) groups is 5. The zero-order chi connectivity index (χ0) is 25.3. The standard InChI is InChI=1S/C22H39N5O6/c1-11(2)16(26-19(29)14-8-7-9-23-14)20(30)24-10-15(28)25-17(12(3)4)21(31)27-18(13(5)6)22(32)33/h11-14,16-18,23H,7-10H2,1-6H3,(H,24,30)(H,25,28)(H,26,29)(H,27,31)(H,32,33)/t14-,16-,17-,18-/m0/s1. The van der Waals surface area contributed by atoms with E-state index in [2.05, 4.69) is 26.6 Å². The molecular weight excluding hydrogens is 430 g/mol. The fourth-order valence-corrected chi connectivity index (χ4v) is 3.49. The van der Waals surface area contributed by atoms with Gasteiger partial charge in [0.2, 0.25) is 23.6 Å². The van der Waals surface area contributed by atoms with Gasteiger partial charge in [-0.25, -0.2) is 4.79 Å². The van der Waals surface area contributed by atoms with Crippen LogP contribution in [-0.2, 0) is 24.0 Å². The summed E-state index contributed by atoms with van der Waals surface area (Å²) in [6.45, 7) is 10.7. The van der Waals surface area contributed by atoms with E-state index < -0.39 is 41.8 Å². The molecule has 33 heavy (non-hydrogen) atoms. The van der Waals surface area contributed by atoms with Gasteiger partial charge in [0.15, 0.2) is 0 Å². The average molecular weight is 470 g/mol. The Labute approximate surface area is 195 Å². The first-order valence-electron chi connectivity index (χ1n) is 11.5. The second-order valence-electron chi connectivity index (χ2n) is 9.45. The predicted molar refractivity (Wildman–Crippen MR) is 122 cm³/mol. The number of rotatable bonds is 12. The van der Waals surface area contributed by atoms with Gasteiger partial charge < -0.3 is 31.7 Å². The molecule has 11 heteroatoms. The van der Waals surface area contributed by atoms with Crippen molar-refractivity contribution in [2.45, 2.75) is 78.6 Å². The van der Waals surface area contributed by atoms with Crippen LogP contribution in [-0.4, -0.2) is 72.0 Å². The van der Waals surface area contributed by atoms with Crippen molar-refractivity contribution in [3.63, 3.8) is 0 Å². The van der Waals surface area contributed by atoms with E-state index >= 15 is 0 Å². The average Bonchev–Trinajstić information content (AvgIpc) is 3.26. The normalized spacial score (nSPS) is 18.5. The van der Waals surface area contributed by atoms with Crippen LogP contribution < -0.4 is 26.6 Å². The van der Waals surface area contributed by atoms with E-state index in [1.165, 1.54) is 0 Å². The third-order valence-corrected chi connectivity index (χ3v) is 5.54. The molecule has 0 bridgehead atoms. The van der Waals surface area contributed by atoms with E-state index in [1.54, 1.807) is 41.5 Å². The number of carboxylic acid groups (broad SMARTS) is 1. The Bertz CT molecular complexity index is 718. The van der Waals surface area contributed by atoms with Crippen molar-refractivity contribution in [1.29, 1.82) is 0 Å². The van der Waals surface area contributed by atoms with Gasteiger partial charge in [-0.2, -0.15) is 0 Å². The topological polar surface area (TPSA) is 166 Å². The summed E-state index contributed by atoms with van der Waals surface area (Å²) in [4.78, 5) is 61.4. The van der Waals surface area contributed by atoms with Crippen LogP contribution in [0.1, 0.15) is 54.4 Å². The molecule has 0 spiro atoms. The van der Waals surface area contributed by atoms with Crippen LogP contribution in [0.15, 0.2) is 0 Å². The van der Waals surface area contributed by atoms with Crippen LogP contribution in [0, 0.1) is 17.8 Å². The molecule has 0 aromatic carbocycles.